The van der Waals surface area contributed by atoms with Gasteiger partial charge in [0.25, 0.3) is 0 Å². The van der Waals surface area contributed by atoms with Crippen molar-refractivity contribution in [3.05, 3.63) is 0 Å². The van der Waals surface area contributed by atoms with E-state index in [4.69, 9.17) is 6.42 Å². The zero-order valence-corrected chi connectivity index (χ0v) is 11.9. The van der Waals surface area contributed by atoms with Crippen molar-refractivity contribution in [3.63, 3.8) is 0 Å². The maximum absolute atomic E-state index is 12.0. The van der Waals surface area contributed by atoms with Gasteiger partial charge in [-0.15, -0.1) is 12.3 Å². The lowest BCUT2D eigenvalue weighted by molar-refractivity contribution is -0.132. The fourth-order valence-electron chi connectivity index (χ4n) is 3.33. The molecule has 1 atom stereocenters. The predicted molar refractivity (Wildman–Crippen MR) is 77.6 cm³/mol. The molecule has 1 amide bonds. The van der Waals surface area contributed by atoms with Crippen LogP contribution in [0.25, 0.3) is 0 Å². The van der Waals surface area contributed by atoms with Crippen molar-refractivity contribution in [1.82, 2.24) is 10.2 Å². The first-order valence-corrected chi connectivity index (χ1v) is 7.76. The van der Waals surface area contributed by atoms with Crippen LogP contribution in [0.3, 0.4) is 0 Å². The molecule has 2 fully saturated rings. The molecular weight excluding hydrogens is 236 g/mol. The molecule has 1 unspecified atom stereocenters. The largest absolute Gasteiger partial charge is 0.343 e. The normalized spacial score (nSPS) is 24.4. The third-order valence-corrected chi connectivity index (χ3v) is 4.52. The third-order valence-electron chi connectivity index (χ3n) is 4.52. The maximum Gasteiger partial charge on any atom is 0.222 e. The molecule has 2 aliphatic rings. The Morgan fingerprint density at radius 3 is 2.68 bits per heavy atom. The number of unbranched alkanes of at least 4 members (excludes halogenated alkanes) is 2. The van der Waals surface area contributed by atoms with Gasteiger partial charge in [0.2, 0.25) is 5.91 Å². The van der Waals surface area contributed by atoms with Crippen molar-refractivity contribution in [1.29, 1.82) is 0 Å². The van der Waals surface area contributed by atoms with Crippen molar-refractivity contribution in [3.8, 4) is 12.3 Å². The molecule has 0 aromatic heterocycles. The van der Waals surface area contributed by atoms with E-state index in [1.54, 1.807) is 0 Å². The van der Waals surface area contributed by atoms with Crippen LogP contribution < -0.4 is 5.32 Å². The van der Waals surface area contributed by atoms with Gasteiger partial charge in [-0.2, -0.15) is 0 Å². The highest BCUT2D eigenvalue weighted by molar-refractivity contribution is 5.76. The van der Waals surface area contributed by atoms with E-state index in [9.17, 15) is 4.79 Å². The number of terminal acetylenes is 1. The molecule has 0 radical (unpaired) electrons. The Balaban J connectivity index is 1.64. The summed E-state index contributed by atoms with van der Waals surface area (Å²) >= 11 is 0. The Morgan fingerprint density at radius 2 is 2.05 bits per heavy atom. The number of hydrogen-bond donors (Lipinski definition) is 1. The lowest BCUT2D eigenvalue weighted by Crippen LogP contribution is -2.43. The third kappa shape index (κ3) is 4.24. The summed E-state index contributed by atoms with van der Waals surface area (Å²) in [6.07, 6.45) is 13.6. The first-order valence-electron chi connectivity index (χ1n) is 7.76. The van der Waals surface area contributed by atoms with Crippen LogP contribution in [0.5, 0.6) is 0 Å². The van der Waals surface area contributed by atoms with Gasteiger partial charge in [0.05, 0.1) is 0 Å². The monoisotopic (exact) mass is 262 g/mol. The molecule has 0 saturated carbocycles. The number of nitrogens with zero attached hydrogens (tertiary/aromatic N) is 1. The molecule has 106 valence electrons. The summed E-state index contributed by atoms with van der Waals surface area (Å²) in [5, 5.41) is 3.60. The number of nitrogens with one attached hydrogen (secondary N) is 1. The molecule has 3 nitrogen and oxygen atoms in total. The number of piperidine rings is 1. The van der Waals surface area contributed by atoms with Crippen LogP contribution >= 0.6 is 0 Å². The van der Waals surface area contributed by atoms with E-state index in [-0.39, 0.29) is 0 Å². The van der Waals surface area contributed by atoms with E-state index in [2.05, 4.69) is 16.1 Å². The molecule has 0 aromatic carbocycles. The Labute approximate surface area is 117 Å². The van der Waals surface area contributed by atoms with Crippen LogP contribution in [0.2, 0.25) is 0 Å². The summed E-state index contributed by atoms with van der Waals surface area (Å²) in [5.41, 5.74) is 0. The van der Waals surface area contributed by atoms with E-state index >= 15 is 0 Å². The molecule has 19 heavy (non-hydrogen) atoms. The summed E-state index contributed by atoms with van der Waals surface area (Å²) in [4.78, 5) is 14.1. The van der Waals surface area contributed by atoms with E-state index in [0.717, 1.165) is 38.3 Å². The van der Waals surface area contributed by atoms with Crippen LogP contribution in [0.1, 0.15) is 51.4 Å². The molecule has 0 spiro atoms. The fraction of sp³-hybridized carbons (Fsp3) is 0.812. The standard InChI is InChI=1S/C16H26N2O/c1-2-3-4-5-8-16(19)18-12-9-14(10-13-18)15-7-6-11-17-15/h1,14-15,17H,3-13H2. The zero-order valence-electron chi connectivity index (χ0n) is 11.9. The van der Waals surface area contributed by atoms with Gasteiger partial charge >= 0.3 is 0 Å². The SMILES string of the molecule is C#CCCCCC(=O)N1CCC(C2CCCN2)CC1. The number of carbonyl (C=O) groups excluding carboxylic acids is 1. The minimum absolute atomic E-state index is 0.329. The Hall–Kier alpha value is -1.01. The second kappa shape index (κ2) is 7.55. The van der Waals surface area contributed by atoms with Gasteiger partial charge in [0.1, 0.15) is 0 Å². The van der Waals surface area contributed by atoms with Crippen molar-refractivity contribution >= 4 is 5.91 Å². The summed E-state index contributed by atoms with van der Waals surface area (Å²) < 4.78 is 0. The second-order valence-electron chi connectivity index (χ2n) is 5.83. The topological polar surface area (TPSA) is 32.3 Å². The molecular formula is C16H26N2O. The molecule has 2 heterocycles. The Morgan fingerprint density at radius 1 is 1.26 bits per heavy atom. The lowest BCUT2D eigenvalue weighted by atomic mass is 9.88. The molecule has 0 aliphatic carbocycles. The van der Waals surface area contributed by atoms with E-state index in [1.165, 1.54) is 32.2 Å². The van der Waals surface area contributed by atoms with Crippen LogP contribution in [-0.2, 0) is 4.79 Å². The second-order valence-corrected chi connectivity index (χ2v) is 5.83. The van der Waals surface area contributed by atoms with Crippen LogP contribution in [0.4, 0.5) is 0 Å². The molecule has 2 saturated heterocycles. The predicted octanol–water partition coefficient (Wildman–Crippen LogP) is 2.17. The lowest BCUT2D eigenvalue weighted by Gasteiger charge is -2.35. The first-order chi connectivity index (χ1) is 9.31. The van der Waals surface area contributed by atoms with Gasteiger partial charge in [0.15, 0.2) is 0 Å². The highest BCUT2D eigenvalue weighted by Gasteiger charge is 2.29. The summed E-state index contributed by atoms with van der Waals surface area (Å²) in [6, 6.07) is 0.716. The molecule has 2 rings (SSSR count). The number of hydrogen-bond acceptors (Lipinski definition) is 2. The van der Waals surface area contributed by atoms with Gasteiger partial charge in [-0.25, -0.2) is 0 Å². The zero-order chi connectivity index (χ0) is 13.5. The smallest absolute Gasteiger partial charge is 0.222 e. The molecule has 1 N–H and O–H groups in total. The molecule has 0 bridgehead atoms. The number of likely N-dealkylation sites (tertiary alicyclic amines) is 1. The Kier molecular flexibility index (Phi) is 5.72. The van der Waals surface area contributed by atoms with Gasteiger partial charge < -0.3 is 10.2 Å². The summed E-state index contributed by atoms with van der Waals surface area (Å²) in [5.74, 6) is 3.74. The van der Waals surface area contributed by atoms with E-state index in [1.807, 2.05) is 0 Å². The molecule has 0 aromatic rings. The van der Waals surface area contributed by atoms with Crippen LogP contribution in [0, 0.1) is 18.3 Å². The van der Waals surface area contributed by atoms with Gasteiger partial charge in [-0.05, 0) is 51.0 Å². The minimum atomic E-state index is 0.329. The summed E-state index contributed by atoms with van der Waals surface area (Å²) in [6.45, 7) is 3.09. The Bertz CT molecular complexity index is 320. The van der Waals surface area contributed by atoms with E-state index < -0.39 is 0 Å². The van der Waals surface area contributed by atoms with Crippen molar-refractivity contribution in [2.45, 2.75) is 57.4 Å². The van der Waals surface area contributed by atoms with Crippen molar-refractivity contribution in [2.75, 3.05) is 19.6 Å². The maximum atomic E-state index is 12.0. The van der Waals surface area contributed by atoms with Crippen LogP contribution in [0.15, 0.2) is 0 Å². The van der Waals surface area contributed by atoms with Gasteiger partial charge in [-0.1, -0.05) is 0 Å². The minimum Gasteiger partial charge on any atom is -0.343 e. The number of rotatable bonds is 5. The fourth-order valence-corrected chi connectivity index (χ4v) is 3.33. The van der Waals surface area contributed by atoms with Crippen molar-refractivity contribution < 1.29 is 4.79 Å². The average molecular weight is 262 g/mol. The van der Waals surface area contributed by atoms with E-state index in [0.29, 0.717) is 18.4 Å². The highest BCUT2D eigenvalue weighted by Crippen LogP contribution is 2.26. The van der Waals surface area contributed by atoms with Gasteiger partial charge in [-0.3, -0.25) is 4.79 Å². The number of carbonyl (C=O) groups is 1. The average Bonchev–Trinajstić information content (AvgIpc) is 2.98. The van der Waals surface area contributed by atoms with Crippen molar-refractivity contribution in [2.24, 2.45) is 5.92 Å². The molecule has 2 aliphatic heterocycles. The van der Waals surface area contributed by atoms with Gasteiger partial charge in [0, 0.05) is 32.0 Å². The first kappa shape index (κ1) is 14.4. The highest BCUT2D eigenvalue weighted by atomic mass is 16.2. The van der Waals surface area contributed by atoms with Crippen LogP contribution in [-0.4, -0.2) is 36.5 Å². The molecule has 3 heteroatoms. The quantitative estimate of drug-likeness (QED) is 0.608. The summed E-state index contributed by atoms with van der Waals surface area (Å²) in [7, 11) is 0. The number of amides is 1.